The fraction of sp³-hybridized carbons (Fsp3) is 0.500. The Hall–Kier alpha value is -1.33. The lowest BCUT2D eigenvalue weighted by Crippen LogP contribution is -2.43. The molecule has 0 aliphatic heterocycles. The highest BCUT2D eigenvalue weighted by Crippen LogP contribution is 2.31. The molecule has 0 saturated heterocycles. The Labute approximate surface area is 110 Å². The highest BCUT2D eigenvalue weighted by atomic mass is 35.5. The van der Waals surface area contributed by atoms with Gasteiger partial charge in [0.2, 0.25) is 0 Å². The number of carboxylic acids is 1. The summed E-state index contributed by atoms with van der Waals surface area (Å²) in [7, 11) is 0. The minimum absolute atomic E-state index is 0.0379. The molecule has 1 aromatic rings. The molecule has 0 unspecified atom stereocenters. The summed E-state index contributed by atoms with van der Waals surface area (Å²) in [5.41, 5.74) is 0.125. The molecule has 5 nitrogen and oxygen atoms in total. The zero-order valence-electron chi connectivity index (χ0n) is 9.84. The quantitative estimate of drug-likeness (QED) is 0.798. The van der Waals surface area contributed by atoms with E-state index in [1.165, 1.54) is 12.1 Å². The van der Waals surface area contributed by atoms with Gasteiger partial charge in [-0.05, 0) is 31.4 Å². The first-order valence-electron chi connectivity index (χ1n) is 5.91. The molecule has 1 heterocycles. The van der Waals surface area contributed by atoms with Crippen molar-refractivity contribution in [3.8, 4) is 0 Å². The lowest BCUT2D eigenvalue weighted by molar-refractivity contribution is 0.0696. The number of aliphatic hydroxyl groups excluding tert-OH is 1. The topological polar surface area (TPSA) is 73.7 Å². The van der Waals surface area contributed by atoms with E-state index in [1.807, 2.05) is 4.90 Å². The normalized spacial score (nSPS) is 15.2. The van der Waals surface area contributed by atoms with Crippen molar-refractivity contribution in [2.75, 3.05) is 18.1 Å². The van der Waals surface area contributed by atoms with Crippen LogP contribution >= 0.6 is 11.6 Å². The molecule has 6 heteroatoms. The van der Waals surface area contributed by atoms with E-state index in [0.717, 1.165) is 19.3 Å². The van der Waals surface area contributed by atoms with E-state index in [4.69, 9.17) is 16.7 Å². The molecule has 2 rings (SSSR count). The van der Waals surface area contributed by atoms with Crippen LogP contribution in [-0.2, 0) is 0 Å². The number of carbonyl (C=O) groups is 1. The van der Waals surface area contributed by atoms with Crippen LogP contribution in [0.5, 0.6) is 0 Å². The van der Waals surface area contributed by atoms with Gasteiger partial charge in [0.15, 0.2) is 0 Å². The van der Waals surface area contributed by atoms with E-state index in [9.17, 15) is 9.90 Å². The fourth-order valence-corrected chi connectivity index (χ4v) is 2.22. The van der Waals surface area contributed by atoms with E-state index < -0.39 is 5.97 Å². The van der Waals surface area contributed by atoms with Crippen LogP contribution in [0.15, 0.2) is 12.1 Å². The van der Waals surface area contributed by atoms with E-state index in [0.29, 0.717) is 12.4 Å². The van der Waals surface area contributed by atoms with E-state index >= 15 is 0 Å². The number of nitrogens with zero attached hydrogens (tertiary/aromatic N) is 2. The predicted molar refractivity (Wildman–Crippen MR) is 68.3 cm³/mol. The molecule has 0 aromatic carbocycles. The van der Waals surface area contributed by atoms with Crippen LogP contribution in [0.4, 0.5) is 5.82 Å². The molecular weight excluding hydrogens is 256 g/mol. The lowest BCUT2D eigenvalue weighted by atomic mass is 9.91. The summed E-state index contributed by atoms with van der Waals surface area (Å²) in [6.07, 6.45) is 3.11. The van der Waals surface area contributed by atoms with Gasteiger partial charge in [-0.15, -0.1) is 0 Å². The van der Waals surface area contributed by atoms with Gasteiger partial charge >= 0.3 is 5.97 Å². The Morgan fingerprint density at radius 3 is 2.72 bits per heavy atom. The predicted octanol–water partition coefficient (Wildman–Crippen LogP) is 1.78. The third-order valence-electron chi connectivity index (χ3n) is 3.20. The van der Waals surface area contributed by atoms with Crippen LogP contribution in [0.2, 0.25) is 5.15 Å². The molecule has 1 aliphatic rings. The van der Waals surface area contributed by atoms with Gasteiger partial charge < -0.3 is 15.1 Å². The third kappa shape index (κ3) is 2.57. The fourth-order valence-electron chi connectivity index (χ4n) is 2.08. The number of pyridine rings is 1. The van der Waals surface area contributed by atoms with E-state index in [-0.39, 0.29) is 23.4 Å². The molecule has 0 radical (unpaired) electrons. The van der Waals surface area contributed by atoms with Crippen molar-refractivity contribution in [1.29, 1.82) is 0 Å². The molecule has 2 N–H and O–H groups in total. The van der Waals surface area contributed by atoms with Crippen molar-refractivity contribution >= 4 is 23.4 Å². The molecule has 0 atom stereocenters. The maximum absolute atomic E-state index is 11.2. The molecular formula is C12H15ClN2O3. The van der Waals surface area contributed by atoms with Crippen molar-refractivity contribution < 1.29 is 15.0 Å². The SMILES string of the molecule is O=C(O)c1ccc(Cl)nc1N(CCO)C1CCC1. The second-order valence-electron chi connectivity index (χ2n) is 4.31. The van der Waals surface area contributed by atoms with E-state index in [1.54, 1.807) is 0 Å². The van der Waals surface area contributed by atoms with Gasteiger partial charge in [-0.3, -0.25) is 0 Å². The third-order valence-corrected chi connectivity index (χ3v) is 3.41. The summed E-state index contributed by atoms with van der Waals surface area (Å²) in [6, 6.07) is 3.17. The van der Waals surface area contributed by atoms with Gasteiger partial charge in [0.1, 0.15) is 16.5 Å². The minimum Gasteiger partial charge on any atom is -0.478 e. The number of aromatic carboxylic acids is 1. The minimum atomic E-state index is -1.03. The Morgan fingerprint density at radius 1 is 1.50 bits per heavy atom. The highest BCUT2D eigenvalue weighted by Gasteiger charge is 2.28. The summed E-state index contributed by atoms with van der Waals surface area (Å²) >= 11 is 5.84. The van der Waals surface area contributed by atoms with Crippen LogP contribution in [0.3, 0.4) is 0 Å². The largest absolute Gasteiger partial charge is 0.478 e. The van der Waals surface area contributed by atoms with Crippen molar-refractivity contribution in [3.05, 3.63) is 22.8 Å². The number of halogens is 1. The summed E-state index contributed by atoms with van der Waals surface area (Å²) in [4.78, 5) is 17.2. The van der Waals surface area contributed by atoms with Gasteiger partial charge in [0.25, 0.3) is 0 Å². The Bertz CT molecular complexity index is 449. The van der Waals surface area contributed by atoms with Gasteiger partial charge in [-0.25, -0.2) is 9.78 Å². The summed E-state index contributed by atoms with van der Waals surface area (Å²) in [5.74, 6) is -0.676. The number of aliphatic hydroxyl groups is 1. The van der Waals surface area contributed by atoms with Gasteiger partial charge in [-0.1, -0.05) is 11.6 Å². The number of hydrogen-bond acceptors (Lipinski definition) is 4. The molecule has 98 valence electrons. The summed E-state index contributed by atoms with van der Waals surface area (Å²) in [5, 5.41) is 18.6. The monoisotopic (exact) mass is 270 g/mol. The average Bonchev–Trinajstić information content (AvgIpc) is 2.25. The van der Waals surface area contributed by atoms with Gasteiger partial charge in [0, 0.05) is 12.6 Å². The molecule has 0 amide bonds. The molecule has 1 aliphatic carbocycles. The Balaban J connectivity index is 2.37. The molecule has 1 aromatic heterocycles. The Morgan fingerprint density at radius 2 is 2.22 bits per heavy atom. The molecule has 0 bridgehead atoms. The maximum Gasteiger partial charge on any atom is 0.339 e. The zero-order valence-corrected chi connectivity index (χ0v) is 10.6. The summed E-state index contributed by atoms with van der Waals surface area (Å²) < 4.78 is 0. The van der Waals surface area contributed by atoms with E-state index in [2.05, 4.69) is 4.98 Å². The first kappa shape index (κ1) is 13.1. The number of aromatic nitrogens is 1. The van der Waals surface area contributed by atoms with Crippen LogP contribution in [0.1, 0.15) is 29.6 Å². The van der Waals surface area contributed by atoms with Crippen LogP contribution in [-0.4, -0.2) is 40.4 Å². The van der Waals surface area contributed by atoms with Gasteiger partial charge in [-0.2, -0.15) is 0 Å². The first-order valence-corrected chi connectivity index (χ1v) is 6.28. The summed E-state index contributed by atoms with van der Waals surface area (Å²) in [6.45, 7) is 0.335. The smallest absolute Gasteiger partial charge is 0.339 e. The maximum atomic E-state index is 11.2. The number of rotatable bonds is 5. The molecule has 1 fully saturated rings. The van der Waals surface area contributed by atoms with Crippen molar-refractivity contribution in [3.63, 3.8) is 0 Å². The number of hydrogen-bond donors (Lipinski definition) is 2. The molecule has 0 spiro atoms. The number of carboxylic acid groups (broad SMARTS) is 1. The molecule has 1 saturated carbocycles. The van der Waals surface area contributed by atoms with Crippen LogP contribution in [0, 0.1) is 0 Å². The average molecular weight is 271 g/mol. The molecule has 18 heavy (non-hydrogen) atoms. The second kappa shape index (κ2) is 5.54. The van der Waals surface area contributed by atoms with Crippen molar-refractivity contribution in [2.45, 2.75) is 25.3 Å². The van der Waals surface area contributed by atoms with Gasteiger partial charge in [0.05, 0.1) is 6.61 Å². The Kier molecular flexibility index (Phi) is 4.04. The van der Waals surface area contributed by atoms with Crippen LogP contribution in [0.25, 0.3) is 0 Å². The van der Waals surface area contributed by atoms with Crippen molar-refractivity contribution in [2.24, 2.45) is 0 Å². The van der Waals surface area contributed by atoms with Crippen molar-refractivity contribution in [1.82, 2.24) is 4.98 Å². The second-order valence-corrected chi connectivity index (χ2v) is 4.70. The number of anilines is 1. The first-order chi connectivity index (χ1) is 8.63. The lowest BCUT2D eigenvalue weighted by Gasteiger charge is -2.38. The highest BCUT2D eigenvalue weighted by molar-refractivity contribution is 6.29. The standard InChI is InChI=1S/C12H15ClN2O3/c13-10-5-4-9(12(17)18)11(14-10)15(6-7-16)8-2-1-3-8/h4-5,8,16H,1-3,6-7H2,(H,17,18). The van der Waals surface area contributed by atoms with Crippen LogP contribution < -0.4 is 4.90 Å². The zero-order chi connectivity index (χ0) is 13.1.